The third kappa shape index (κ3) is 2.30. The van der Waals surface area contributed by atoms with Gasteiger partial charge < -0.3 is 11.1 Å². The summed E-state index contributed by atoms with van der Waals surface area (Å²) in [5.41, 5.74) is 7.99. The van der Waals surface area contributed by atoms with Gasteiger partial charge in [-0.3, -0.25) is 4.40 Å². The number of pyridine rings is 1. The lowest BCUT2D eigenvalue weighted by atomic mass is 10.1. The Morgan fingerprint density at radius 1 is 1.11 bits per heavy atom. The fourth-order valence-corrected chi connectivity index (χ4v) is 2.21. The smallest absolute Gasteiger partial charge is 0.138 e. The Kier molecular flexibility index (Phi) is 3.16. The molecule has 0 aliphatic carbocycles. The van der Waals surface area contributed by atoms with Crippen molar-refractivity contribution in [1.29, 1.82) is 0 Å². The summed E-state index contributed by atoms with van der Waals surface area (Å²) in [7, 11) is 0. The summed E-state index contributed by atoms with van der Waals surface area (Å²) in [6.07, 6.45) is 3.73. The van der Waals surface area contributed by atoms with Gasteiger partial charge in [0.15, 0.2) is 0 Å². The second kappa shape index (κ2) is 5.12. The Hall–Kier alpha value is -2.33. The van der Waals surface area contributed by atoms with Crippen LogP contribution in [0.1, 0.15) is 11.6 Å². The van der Waals surface area contributed by atoms with E-state index in [1.165, 1.54) is 5.56 Å². The van der Waals surface area contributed by atoms with Crippen LogP contribution in [-0.2, 0) is 0 Å². The molecule has 4 nitrogen and oxygen atoms in total. The van der Waals surface area contributed by atoms with Crippen LogP contribution >= 0.6 is 0 Å². The number of rotatable bonds is 4. The molecule has 0 spiro atoms. The zero-order valence-electron chi connectivity index (χ0n) is 10.5. The largest absolute Gasteiger partial charge is 0.363 e. The topological polar surface area (TPSA) is 55.3 Å². The highest BCUT2D eigenvalue weighted by Crippen LogP contribution is 2.19. The third-order valence-electron chi connectivity index (χ3n) is 3.19. The van der Waals surface area contributed by atoms with E-state index in [1.54, 1.807) is 6.20 Å². The van der Waals surface area contributed by atoms with Gasteiger partial charge in [-0.05, 0) is 17.7 Å². The van der Waals surface area contributed by atoms with E-state index in [0.29, 0.717) is 6.54 Å². The number of benzene rings is 1. The van der Waals surface area contributed by atoms with Crippen molar-refractivity contribution >= 4 is 11.5 Å². The summed E-state index contributed by atoms with van der Waals surface area (Å²) in [4.78, 5) is 4.28. The number of anilines is 1. The van der Waals surface area contributed by atoms with Crippen molar-refractivity contribution in [2.45, 2.75) is 6.04 Å². The summed E-state index contributed by atoms with van der Waals surface area (Å²) in [5, 5.41) is 3.47. The average molecular weight is 252 g/mol. The highest BCUT2D eigenvalue weighted by molar-refractivity contribution is 5.51. The van der Waals surface area contributed by atoms with Crippen LogP contribution in [0.3, 0.4) is 0 Å². The molecule has 1 atom stereocenters. The maximum atomic E-state index is 5.88. The average Bonchev–Trinajstić information content (AvgIpc) is 2.95. The number of hydrogen-bond acceptors (Lipinski definition) is 3. The van der Waals surface area contributed by atoms with Crippen molar-refractivity contribution < 1.29 is 0 Å². The number of hydrogen-bond donors (Lipinski definition) is 2. The van der Waals surface area contributed by atoms with Crippen LogP contribution in [0.2, 0.25) is 0 Å². The molecule has 0 radical (unpaired) electrons. The zero-order chi connectivity index (χ0) is 13.1. The molecule has 0 fully saturated rings. The molecule has 0 bridgehead atoms. The Bertz CT molecular complexity index is 660. The summed E-state index contributed by atoms with van der Waals surface area (Å²) in [6.45, 7) is 0.537. The SMILES string of the molecule is NCC(Nc1cccc2nccn12)c1ccccc1. The van der Waals surface area contributed by atoms with E-state index in [1.807, 2.05) is 47.0 Å². The molecule has 3 N–H and O–H groups in total. The maximum Gasteiger partial charge on any atom is 0.138 e. The number of aromatic nitrogens is 2. The number of nitrogens with zero attached hydrogens (tertiary/aromatic N) is 2. The fraction of sp³-hybridized carbons (Fsp3) is 0.133. The molecule has 1 unspecified atom stereocenters. The van der Waals surface area contributed by atoms with Crippen LogP contribution in [0.4, 0.5) is 5.82 Å². The quantitative estimate of drug-likeness (QED) is 0.750. The van der Waals surface area contributed by atoms with Gasteiger partial charge in [0, 0.05) is 18.9 Å². The van der Waals surface area contributed by atoms with E-state index < -0.39 is 0 Å². The van der Waals surface area contributed by atoms with Crippen molar-refractivity contribution in [3.05, 3.63) is 66.5 Å². The van der Waals surface area contributed by atoms with E-state index in [9.17, 15) is 0 Å². The van der Waals surface area contributed by atoms with Gasteiger partial charge in [0.25, 0.3) is 0 Å². The van der Waals surface area contributed by atoms with Crippen LogP contribution in [0.25, 0.3) is 5.65 Å². The molecule has 4 heteroatoms. The van der Waals surface area contributed by atoms with Gasteiger partial charge in [0.1, 0.15) is 11.5 Å². The van der Waals surface area contributed by atoms with E-state index in [4.69, 9.17) is 5.73 Å². The molecule has 1 aromatic carbocycles. The standard InChI is InChI=1S/C15H16N4/c16-11-13(12-5-2-1-3-6-12)18-15-8-4-7-14-17-9-10-19(14)15/h1-10,13,18H,11,16H2. The Balaban J connectivity index is 1.93. The summed E-state index contributed by atoms with van der Waals surface area (Å²) in [6, 6.07) is 16.3. The van der Waals surface area contributed by atoms with Crippen molar-refractivity contribution in [3.8, 4) is 0 Å². The van der Waals surface area contributed by atoms with E-state index in [0.717, 1.165) is 11.5 Å². The van der Waals surface area contributed by atoms with Gasteiger partial charge >= 0.3 is 0 Å². The second-order valence-corrected chi connectivity index (χ2v) is 4.41. The van der Waals surface area contributed by atoms with Crippen LogP contribution in [0.5, 0.6) is 0 Å². The lowest BCUT2D eigenvalue weighted by Gasteiger charge is -2.19. The summed E-state index contributed by atoms with van der Waals surface area (Å²) >= 11 is 0. The van der Waals surface area contributed by atoms with Gasteiger partial charge in [-0.25, -0.2) is 4.98 Å². The van der Waals surface area contributed by atoms with Gasteiger partial charge in [-0.1, -0.05) is 36.4 Å². The van der Waals surface area contributed by atoms with Crippen molar-refractivity contribution in [3.63, 3.8) is 0 Å². The zero-order valence-corrected chi connectivity index (χ0v) is 10.5. The minimum Gasteiger partial charge on any atom is -0.363 e. The second-order valence-electron chi connectivity index (χ2n) is 4.41. The minimum atomic E-state index is 0.0919. The molecule has 19 heavy (non-hydrogen) atoms. The Labute approximate surface area is 111 Å². The molecule has 3 aromatic rings. The first-order valence-corrected chi connectivity index (χ1v) is 6.32. The molecule has 0 amide bonds. The highest BCUT2D eigenvalue weighted by Gasteiger charge is 2.10. The van der Waals surface area contributed by atoms with Gasteiger partial charge in [0.2, 0.25) is 0 Å². The molecular formula is C15H16N4. The molecule has 0 aliphatic rings. The molecule has 0 aliphatic heterocycles. The number of nitrogens with one attached hydrogen (secondary N) is 1. The molecular weight excluding hydrogens is 236 g/mol. The van der Waals surface area contributed by atoms with Crippen LogP contribution in [0.15, 0.2) is 60.9 Å². The van der Waals surface area contributed by atoms with Crippen molar-refractivity contribution in [1.82, 2.24) is 9.38 Å². The Morgan fingerprint density at radius 3 is 2.74 bits per heavy atom. The maximum absolute atomic E-state index is 5.88. The summed E-state index contributed by atoms with van der Waals surface area (Å²) < 4.78 is 2.02. The summed E-state index contributed by atoms with van der Waals surface area (Å²) in [5.74, 6) is 0.995. The molecule has 96 valence electrons. The monoisotopic (exact) mass is 252 g/mol. The third-order valence-corrected chi connectivity index (χ3v) is 3.19. The molecule has 0 saturated heterocycles. The first-order valence-electron chi connectivity index (χ1n) is 6.32. The first-order chi connectivity index (χ1) is 9.38. The predicted octanol–water partition coefficient (Wildman–Crippen LogP) is 2.45. The number of nitrogens with two attached hydrogens (primary N) is 1. The van der Waals surface area contributed by atoms with Crippen molar-refractivity contribution in [2.75, 3.05) is 11.9 Å². The highest BCUT2D eigenvalue weighted by atomic mass is 15.1. The van der Waals surface area contributed by atoms with Crippen molar-refractivity contribution in [2.24, 2.45) is 5.73 Å². The molecule has 0 saturated carbocycles. The lowest BCUT2D eigenvalue weighted by Crippen LogP contribution is -2.21. The first kappa shape index (κ1) is 11.7. The number of fused-ring (bicyclic) bond motifs is 1. The van der Waals surface area contributed by atoms with Crippen LogP contribution in [0, 0.1) is 0 Å². The fourth-order valence-electron chi connectivity index (χ4n) is 2.21. The van der Waals surface area contributed by atoms with Crippen LogP contribution in [-0.4, -0.2) is 15.9 Å². The van der Waals surface area contributed by atoms with E-state index in [2.05, 4.69) is 22.4 Å². The molecule has 2 aromatic heterocycles. The molecule has 3 rings (SSSR count). The predicted molar refractivity (Wildman–Crippen MR) is 77.1 cm³/mol. The van der Waals surface area contributed by atoms with Crippen LogP contribution < -0.4 is 11.1 Å². The number of imidazole rings is 1. The van der Waals surface area contributed by atoms with Gasteiger partial charge in [-0.2, -0.15) is 0 Å². The van der Waals surface area contributed by atoms with E-state index in [-0.39, 0.29) is 6.04 Å². The lowest BCUT2D eigenvalue weighted by molar-refractivity contribution is 0.781. The van der Waals surface area contributed by atoms with E-state index >= 15 is 0 Å². The Morgan fingerprint density at radius 2 is 1.95 bits per heavy atom. The minimum absolute atomic E-state index is 0.0919. The normalized spacial score (nSPS) is 12.5. The van der Waals surface area contributed by atoms with Gasteiger partial charge in [0.05, 0.1) is 6.04 Å². The molecule has 2 heterocycles. The van der Waals surface area contributed by atoms with Gasteiger partial charge in [-0.15, -0.1) is 0 Å².